The van der Waals surface area contributed by atoms with Crippen LogP contribution in [0.1, 0.15) is 17.4 Å². The molecule has 2 N–H and O–H groups in total. The van der Waals surface area contributed by atoms with Crippen molar-refractivity contribution in [3.63, 3.8) is 0 Å². The number of rotatable bonds is 1. The molecule has 1 amide bonds. The van der Waals surface area contributed by atoms with Crippen molar-refractivity contribution in [2.24, 2.45) is 0 Å². The third kappa shape index (κ3) is 2.40. The second-order valence-corrected chi connectivity index (χ2v) is 5.84. The van der Waals surface area contributed by atoms with Gasteiger partial charge in [-0.3, -0.25) is 4.79 Å². The summed E-state index contributed by atoms with van der Waals surface area (Å²) < 4.78 is 1.01. The molecule has 1 aromatic heterocycles. The number of fused-ring (bicyclic) bond motifs is 1. The Labute approximate surface area is 120 Å². The van der Waals surface area contributed by atoms with E-state index in [1.54, 1.807) is 0 Å². The van der Waals surface area contributed by atoms with Crippen molar-refractivity contribution in [2.45, 2.75) is 13.0 Å². The number of carbonyl (C=O) groups excluding carboxylic acids is 1. The van der Waals surface area contributed by atoms with E-state index in [0.717, 1.165) is 35.0 Å². The van der Waals surface area contributed by atoms with Crippen LogP contribution in [0.3, 0.4) is 0 Å². The minimum atomic E-state index is 0.0800. The standard InChI is InChI=1S/C14H16BrN3O/c1-9-8-18(6-5-16-9)14(19)13-7-10-11(15)3-2-4-12(10)17-13/h2-4,7,9,16-17H,5-6,8H2,1H3/t9-/m1/s1. The molecule has 1 saturated heterocycles. The Morgan fingerprint density at radius 2 is 2.32 bits per heavy atom. The Morgan fingerprint density at radius 3 is 3.05 bits per heavy atom. The van der Waals surface area contributed by atoms with Crippen LogP contribution >= 0.6 is 15.9 Å². The number of nitrogens with one attached hydrogen (secondary N) is 2. The van der Waals surface area contributed by atoms with Crippen LogP contribution in [0.15, 0.2) is 28.7 Å². The van der Waals surface area contributed by atoms with Gasteiger partial charge in [-0.1, -0.05) is 22.0 Å². The fourth-order valence-electron chi connectivity index (χ4n) is 2.52. The molecule has 2 heterocycles. The molecule has 1 aromatic carbocycles. The van der Waals surface area contributed by atoms with E-state index in [0.29, 0.717) is 11.7 Å². The molecule has 0 saturated carbocycles. The van der Waals surface area contributed by atoms with Crippen LogP contribution in [-0.4, -0.2) is 41.5 Å². The minimum Gasteiger partial charge on any atom is -0.350 e. The molecule has 100 valence electrons. The summed E-state index contributed by atoms with van der Waals surface area (Å²) in [7, 11) is 0. The molecule has 0 bridgehead atoms. The Hall–Kier alpha value is -1.33. The zero-order valence-corrected chi connectivity index (χ0v) is 12.3. The number of aromatic nitrogens is 1. The predicted octanol–water partition coefficient (Wildman–Crippen LogP) is 2.36. The zero-order valence-electron chi connectivity index (χ0n) is 10.7. The summed E-state index contributed by atoms with van der Waals surface area (Å²) in [5.74, 6) is 0.0800. The van der Waals surface area contributed by atoms with E-state index in [9.17, 15) is 4.79 Å². The highest BCUT2D eigenvalue weighted by molar-refractivity contribution is 9.10. The number of piperazine rings is 1. The van der Waals surface area contributed by atoms with Crippen LogP contribution in [0, 0.1) is 0 Å². The lowest BCUT2D eigenvalue weighted by molar-refractivity contribution is 0.0704. The number of hydrogen-bond donors (Lipinski definition) is 2. The van der Waals surface area contributed by atoms with Crippen molar-refractivity contribution in [3.8, 4) is 0 Å². The molecule has 2 aromatic rings. The lowest BCUT2D eigenvalue weighted by Gasteiger charge is -2.31. The van der Waals surface area contributed by atoms with Crippen molar-refractivity contribution in [3.05, 3.63) is 34.4 Å². The van der Waals surface area contributed by atoms with Crippen molar-refractivity contribution < 1.29 is 4.79 Å². The van der Waals surface area contributed by atoms with Gasteiger partial charge in [-0.15, -0.1) is 0 Å². The number of hydrogen-bond acceptors (Lipinski definition) is 2. The molecule has 3 rings (SSSR count). The van der Waals surface area contributed by atoms with Gasteiger partial charge in [0.2, 0.25) is 0 Å². The summed E-state index contributed by atoms with van der Waals surface area (Å²) in [5, 5.41) is 4.39. The summed E-state index contributed by atoms with van der Waals surface area (Å²) in [5.41, 5.74) is 1.65. The van der Waals surface area contributed by atoms with Crippen LogP contribution in [0.25, 0.3) is 10.9 Å². The van der Waals surface area contributed by atoms with Gasteiger partial charge in [-0.2, -0.15) is 0 Å². The number of carbonyl (C=O) groups is 1. The van der Waals surface area contributed by atoms with Gasteiger partial charge in [-0.05, 0) is 25.1 Å². The van der Waals surface area contributed by atoms with Crippen LogP contribution in [0.2, 0.25) is 0 Å². The predicted molar refractivity (Wildman–Crippen MR) is 79.4 cm³/mol. The van der Waals surface area contributed by atoms with Crippen molar-refractivity contribution in [1.29, 1.82) is 0 Å². The van der Waals surface area contributed by atoms with Gasteiger partial charge in [0.15, 0.2) is 0 Å². The van der Waals surface area contributed by atoms with Crippen molar-refractivity contribution in [2.75, 3.05) is 19.6 Å². The number of halogens is 1. The molecule has 0 unspecified atom stereocenters. The minimum absolute atomic E-state index is 0.0800. The molecular weight excluding hydrogens is 306 g/mol. The SMILES string of the molecule is C[C@@H]1CN(C(=O)c2cc3c(Br)cccc3[nH]2)CCN1. The van der Waals surface area contributed by atoms with Crippen LogP contribution in [0.5, 0.6) is 0 Å². The number of nitrogens with zero attached hydrogens (tertiary/aromatic N) is 1. The Bertz CT molecular complexity index is 622. The van der Waals surface area contributed by atoms with E-state index in [1.165, 1.54) is 0 Å². The quantitative estimate of drug-likeness (QED) is 0.847. The van der Waals surface area contributed by atoms with Gasteiger partial charge >= 0.3 is 0 Å². The van der Waals surface area contributed by atoms with E-state index in [-0.39, 0.29) is 5.91 Å². The Balaban J connectivity index is 1.91. The molecule has 0 spiro atoms. The normalized spacial score (nSPS) is 19.9. The first kappa shape index (κ1) is 12.7. The molecule has 1 aliphatic rings. The van der Waals surface area contributed by atoms with Gasteiger partial charge in [0.1, 0.15) is 5.69 Å². The summed E-state index contributed by atoms with van der Waals surface area (Å²) in [6, 6.07) is 8.21. The smallest absolute Gasteiger partial charge is 0.270 e. The molecule has 19 heavy (non-hydrogen) atoms. The van der Waals surface area contributed by atoms with Crippen LogP contribution in [-0.2, 0) is 0 Å². The molecule has 4 nitrogen and oxygen atoms in total. The van der Waals surface area contributed by atoms with Crippen LogP contribution in [0.4, 0.5) is 0 Å². The van der Waals surface area contributed by atoms with Crippen molar-refractivity contribution >= 4 is 32.7 Å². The molecule has 5 heteroatoms. The molecule has 1 atom stereocenters. The number of aromatic amines is 1. The topological polar surface area (TPSA) is 48.1 Å². The Morgan fingerprint density at radius 1 is 1.47 bits per heavy atom. The van der Waals surface area contributed by atoms with E-state index in [1.807, 2.05) is 29.2 Å². The summed E-state index contributed by atoms with van der Waals surface area (Å²) in [6.45, 7) is 4.48. The maximum Gasteiger partial charge on any atom is 0.270 e. The third-order valence-electron chi connectivity index (χ3n) is 3.50. The maximum atomic E-state index is 12.5. The first-order valence-corrected chi connectivity index (χ1v) is 7.24. The molecule has 1 aliphatic heterocycles. The van der Waals surface area contributed by atoms with E-state index in [2.05, 4.69) is 33.2 Å². The highest BCUT2D eigenvalue weighted by Gasteiger charge is 2.22. The number of amides is 1. The van der Waals surface area contributed by atoms with Crippen LogP contribution < -0.4 is 5.32 Å². The lowest BCUT2D eigenvalue weighted by atomic mass is 10.2. The average Bonchev–Trinajstić information content (AvgIpc) is 2.83. The monoisotopic (exact) mass is 321 g/mol. The van der Waals surface area contributed by atoms with E-state index in [4.69, 9.17) is 0 Å². The molecular formula is C14H16BrN3O. The van der Waals surface area contributed by atoms with Gasteiger partial charge in [0, 0.05) is 41.1 Å². The highest BCUT2D eigenvalue weighted by atomic mass is 79.9. The zero-order chi connectivity index (χ0) is 13.4. The average molecular weight is 322 g/mol. The summed E-state index contributed by atoms with van der Waals surface area (Å²) in [6.07, 6.45) is 0. The second kappa shape index (κ2) is 4.98. The Kier molecular flexibility index (Phi) is 3.33. The number of H-pyrrole nitrogens is 1. The van der Waals surface area contributed by atoms with E-state index >= 15 is 0 Å². The first-order valence-electron chi connectivity index (χ1n) is 6.45. The van der Waals surface area contributed by atoms with Crippen molar-refractivity contribution in [1.82, 2.24) is 15.2 Å². The first-order chi connectivity index (χ1) is 9.15. The highest BCUT2D eigenvalue weighted by Crippen LogP contribution is 2.25. The molecule has 0 radical (unpaired) electrons. The third-order valence-corrected chi connectivity index (χ3v) is 4.19. The van der Waals surface area contributed by atoms with Gasteiger partial charge < -0.3 is 15.2 Å². The number of benzene rings is 1. The van der Waals surface area contributed by atoms with Gasteiger partial charge in [0.05, 0.1) is 0 Å². The molecule has 0 aliphatic carbocycles. The lowest BCUT2D eigenvalue weighted by Crippen LogP contribution is -2.51. The largest absolute Gasteiger partial charge is 0.350 e. The van der Waals surface area contributed by atoms with Gasteiger partial charge in [0.25, 0.3) is 5.91 Å². The second-order valence-electron chi connectivity index (χ2n) is 4.99. The van der Waals surface area contributed by atoms with Gasteiger partial charge in [-0.25, -0.2) is 0 Å². The fourth-order valence-corrected chi connectivity index (χ4v) is 3.00. The summed E-state index contributed by atoms with van der Waals surface area (Å²) >= 11 is 3.51. The molecule has 1 fully saturated rings. The fraction of sp³-hybridized carbons (Fsp3) is 0.357. The van der Waals surface area contributed by atoms with E-state index < -0.39 is 0 Å². The maximum absolute atomic E-state index is 12.5. The summed E-state index contributed by atoms with van der Waals surface area (Å²) in [4.78, 5) is 17.6.